The molecule has 0 bridgehead atoms. The largest absolute Gasteiger partial charge is 0.322 e. The molecule has 1 atom stereocenters. The number of amides is 3. The number of anilines is 1. The van der Waals surface area contributed by atoms with Crippen molar-refractivity contribution in [3.63, 3.8) is 0 Å². The fraction of sp³-hybridized carbons (Fsp3) is 0.308. The predicted molar refractivity (Wildman–Crippen MR) is 67.2 cm³/mol. The summed E-state index contributed by atoms with van der Waals surface area (Å²) in [6.45, 7) is 0.246. The van der Waals surface area contributed by atoms with Crippen LogP contribution >= 0.6 is 0 Å². The van der Waals surface area contributed by atoms with E-state index in [1.807, 2.05) is 0 Å². The van der Waals surface area contributed by atoms with Crippen molar-refractivity contribution in [3.05, 3.63) is 29.3 Å². The normalized spacial score (nSPS) is 21.8. The van der Waals surface area contributed by atoms with Crippen molar-refractivity contribution in [2.24, 2.45) is 0 Å². The Morgan fingerprint density at radius 1 is 1.30 bits per heavy atom. The highest BCUT2D eigenvalue weighted by Gasteiger charge is 2.40. The predicted octanol–water partition coefficient (Wildman–Crippen LogP) is 0.744. The van der Waals surface area contributed by atoms with Crippen LogP contribution < -0.4 is 10.9 Å². The number of piperidine rings is 1. The summed E-state index contributed by atoms with van der Waals surface area (Å²) in [6, 6.07) is 4.15. The SMILES string of the molecule is O=C1CCC(N2Cc3cccc(NF)c3C2=O)C(=O)N1. The van der Waals surface area contributed by atoms with Gasteiger partial charge in [-0.05, 0) is 18.1 Å². The summed E-state index contributed by atoms with van der Waals surface area (Å²) in [5.74, 6) is -1.20. The topological polar surface area (TPSA) is 78.5 Å². The van der Waals surface area contributed by atoms with E-state index in [0.29, 0.717) is 12.0 Å². The summed E-state index contributed by atoms with van der Waals surface area (Å²) < 4.78 is 12.7. The first-order chi connectivity index (χ1) is 9.61. The average molecular weight is 277 g/mol. The standard InChI is InChI=1S/C13H12FN3O3/c14-16-8-3-1-2-7-6-17(13(20)11(7)8)9-4-5-10(18)15-12(9)19/h1-3,9,16H,4-6H2,(H,15,18,19). The van der Waals surface area contributed by atoms with Gasteiger partial charge in [-0.1, -0.05) is 12.1 Å². The molecule has 6 nitrogen and oxygen atoms in total. The first kappa shape index (κ1) is 12.6. The summed E-state index contributed by atoms with van der Waals surface area (Å²) in [5.41, 5.74) is 2.52. The van der Waals surface area contributed by atoms with Gasteiger partial charge in [-0.3, -0.25) is 19.7 Å². The first-order valence-electron chi connectivity index (χ1n) is 6.25. The fourth-order valence-corrected chi connectivity index (χ4v) is 2.69. The second-order valence-corrected chi connectivity index (χ2v) is 4.83. The summed E-state index contributed by atoms with van der Waals surface area (Å²) in [4.78, 5) is 36.7. The molecule has 0 aromatic heterocycles. The molecule has 2 N–H and O–H groups in total. The van der Waals surface area contributed by atoms with Crippen LogP contribution in [-0.2, 0) is 16.1 Å². The van der Waals surface area contributed by atoms with E-state index in [1.165, 1.54) is 16.5 Å². The molecule has 104 valence electrons. The number of carbonyl (C=O) groups is 3. The number of halogens is 1. The molecule has 1 fully saturated rings. The Morgan fingerprint density at radius 3 is 2.80 bits per heavy atom. The summed E-state index contributed by atoms with van der Waals surface area (Å²) in [7, 11) is 0. The Balaban J connectivity index is 1.90. The van der Waals surface area contributed by atoms with Gasteiger partial charge in [0.1, 0.15) is 6.04 Å². The Hall–Kier alpha value is -2.44. The van der Waals surface area contributed by atoms with Crippen molar-refractivity contribution >= 4 is 23.4 Å². The molecule has 7 heteroatoms. The Morgan fingerprint density at radius 2 is 2.10 bits per heavy atom. The number of benzene rings is 1. The highest BCUT2D eigenvalue weighted by Crippen LogP contribution is 2.32. The number of hydrogen-bond acceptors (Lipinski definition) is 4. The lowest BCUT2D eigenvalue weighted by Crippen LogP contribution is -2.52. The lowest BCUT2D eigenvalue weighted by atomic mass is 10.0. The van der Waals surface area contributed by atoms with E-state index in [-0.39, 0.29) is 30.1 Å². The maximum atomic E-state index is 12.7. The van der Waals surface area contributed by atoms with Gasteiger partial charge in [0, 0.05) is 13.0 Å². The highest BCUT2D eigenvalue weighted by molar-refractivity contribution is 6.07. The van der Waals surface area contributed by atoms with Gasteiger partial charge in [0.15, 0.2) is 0 Å². The molecule has 2 aliphatic rings. The third-order valence-electron chi connectivity index (χ3n) is 3.65. The molecule has 1 aromatic carbocycles. The van der Waals surface area contributed by atoms with Crippen LogP contribution in [0, 0.1) is 0 Å². The molecule has 0 aliphatic carbocycles. The van der Waals surface area contributed by atoms with E-state index in [1.54, 1.807) is 12.1 Å². The molecule has 0 radical (unpaired) electrons. The minimum Gasteiger partial charge on any atom is -0.322 e. The molecule has 3 rings (SSSR count). The summed E-state index contributed by atoms with van der Waals surface area (Å²) in [5, 5.41) is 2.22. The zero-order chi connectivity index (χ0) is 14.3. The lowest BCUT2D eigenvalue weighted by Gasteiger charge is -2.29. The van der Waals surface area contributed by atoms with E-state index in [2.05, 4.69) is 5.32 Å². The first-order valence-corrected chi connectivity index (χ1v) is 6.25. The molecule has 0 spiro atoms. The van der Waals surface area contributed by atoms with Gasteiger partial charge in [0.05, 0.1) is 11.3 Å². The Kier molecular flexibility index (Phi) is 2.89. The minimum absolute atomic E-state index is 0.0993. The molecule has 20 heavy (non-hydrogen) atoms. The van der Waals surface area contributed by atoms with E-state index in [4.69, 9.17) is 0 Å². The molecule has 1 saturated heterocycles. The number of rotatable bonds is 2. The number of nitrogens with one attached hydrogen (secondary N) is 2. The maximum Gasteiger partial charge on any atom is 0.257 e. The van der Waals surface area contributed by atoms with E-state index >= 15 is 0 Å². The van der Waals surface area contributed by atoms with Gasteiger partial charge >= 0.3 is 0 Å². The second-order valence-electron chi connectivity index (χ2n) is 4.83. The summed E-state index contributed by atoms with van der Waals surface area (Å²) >= 11 is 0. The van der Waals surface area contributed by atoms with Gasteiger partial charge in [0.25, 0.3) is 5.91 Å². The molecule has 3 amide bonds. The number of imide groups is 1. The summed E-state index contributed by atoms with van der Waals surface area (Å²) in [6.07, 6.45) is 0.494. The smallest absolute Gasteiger partial charge is 0.257 e. The monoisotopic (exact) mass is 277 g/mol. The van der Waals surface area contributed by atoms with Crippen LogP contribution in [-0.4, -0.2) is 28.7 Å². The molecular weight excluding hydrogens is 265 g/mol. The minimum atomic E-state index is -0.680. The number of carbonyl (C=O) groups excluding carboxylic acids is 3. The number of nitrogens with zero attached hydrogens (tertiary/aromatic N) is 1. The van der Waals surface area contributed by atoms with Gasteiger partial charge in [-0.15, -0.1) is 4.48 Å². The van der Waals surface area contributed by atoms with E-state index in [0.717, 1.165) is 0 Å². The van der Waals surface area contributed by atoms with Crippen LogP contribution in [0.4, 0.5) is 10.2 Å². The quantitative estimate of drug-likeness (QED) is 0.617. The van der Waals surface area contributed by atoms with Crippen molar-refractivity contribution in [2.75, 3.05) is 5.54 Å². The van der Waals surface area contributed by atoms with Gasteiger partial charge in [-0.25, -0.2) is 5.54 Å². The molecule has 1 unspecified atom stereocenters. The van der Waals surface area contributed by atoms with E-state index in [9.17, 15) is 18.9 Å². The molecule has 0 saturated carbocycles. The van der Waals surface area contributed by atoms with Crippen LogP contribution in [0.5, 0.6) is 0 Å². The molecule has 2 aliphatic heterocycles. The van der Waals surface area contributed by atoms with E-state index < -0.39 is 17.9 Å². The van der Waals surface area contributed by atoms with Crippen molar-refractivity contribution < 1.29 is 18.9 Å². The third kappa shape index (κ3) is 1.82. The van der Waals surface area contributed by atoms with Crippen LogP contribution in [0.25, 0.3) is 0 Å². The van der Waals surface area contributed by atoms with Crippen LogP contribution in [0.1, 0.15) is 28.8 Å². The molecule has 1 aromatic rings. The van der Waals surface area contributed by atoms with Crippen LogP contribution in [0.15, 0.2) is 18.2 Å². The zero-order valence-electron chi connectivity index (χ0n) is 10.5. The van der Waals surface area contributed by atoms with Gasteiger partial charge in [-0.2, -0.15) is 0 Å². The Bertz CT molecular complexity index is 617. The van der Waals surface area contributed by atoms with Crippen LogP contribution in [0.3, 0.4) is 0 Å². The Labute approximate surface area is 113 Å². The second kappa shape index (κ2) is 4.59. The molecule has 2 heterocycles. The highest BCUT2D eigenvalue weighted by atomic mass is 19.2. The number of fused-ring (bicyclic) bond motifs is 1. The van der Waals surface area contributed by atoms with Crippen molar-refractivity contribution in [1.82, 2.24) is 10.2 Å². The van der Waals surface area contributed by atoms with Crippen molar-refractivity contribution in [2.45, 2.75) is 25.4 Å². The lowest BCUT2D eigenvalue weighted by molar-refractivity contribution is -0.136. The maximum absolute atomic E-state index is 12.7. The van der Waals surface area contributed by atoms with Crippen LogP contribution in [0.2, 0.25) is 0 Å². The van der Waals surface area contributed by atoms with Crippen molar-refractivity contribution in [1.29, 1.82) is 0 Å². The number of hydrogen-bond donors (Lipinski definition) is 2. The third-order valence-corrected chi connectivity index (χ3v) is 3.65. The zero-order valence-corrected chi connectivity index (χ0v) is 10.5. The van der Waals surface area contributed by atoms with Gasteiger partial charge < -0.3 is 4.90 Å². The van der Waals surface area contributed by atoms with Gasteiger partial charge in [0.2, 0.25) is 11.8 Å². The molecular formula is C13H12FN3O3. The fourth-order valence-electron chi connectivity index (χ4n) is 2.69. The van der Waals surface area contributed by atoms with Crippen molar-refractivity contribution in [3.8, 4) is 0 Å². The average Bonchev–Trinajstić information content (AvgIpc) is 2.76.